The lowest BCUT2D eigenvalue weighted by Crippen LogP contribution is -2.36. The minimum Gasteiger partial charge on any atom is -0.391 e. The van der Waals surface area contributed by atoms with Crippen LogP contribution in [0.2, 0.25) is 0 Å². The van der Waals surface area contributed by atoms with Crippen molar-refractivity contribution in [2.24, 2.45) is 7.05 Å². The van der Waals surface area contributed by atoms with Gasteiger partial charge in [-0.15, -0.1) is 0 Å². The van der Waals surface area contributed by atoms with Gasteiger partial charge in [0.1, 0.15) is 5.82 Å². The molecule has 1 aliphatic heterocycles. The van der Waals surface area contributed by atoms with E-state index in [1.54, 1.807) is 0 Å². The minimum atomic E-state index is -0.326. The van der Waals surface area contributed by atoms with Gasteiger partial charge in [0.25, 0.3) is 0 Å². The van der Waals surface area contributed by atoms with Crippen LogP contribution >= 0.6 is 23.5 Å². The molecule has 1 aromatic carbocycles. The van der Waals surface area contributed by atoms with Crippen LogP contribution in [0, 0.1) is 0 Å². The van der Waals surface area contributed by atoms with Gasteiger partial charge in [-0.05, 0) is 12.1 Å². The normalized spacial score (nSPS) is 27.9. The lowest BCUT2D eigenvalue weighted by Gasteiger charge is -2.33. The van der Waals surface area contributed by atoms with Gasteiger partial charge in [0, 0.05) is 35.0 Å². The van der Waals surface area contributed by atoms with Crippen LogP contribution in [-0.4, -0.2) is 42.3 Å². The molecule has 1 N–H and O–H groups in total. The van der Waals surface area contributed by atoms with Crippen molar-refractivity contribution < 1.29 is 5.11 Å². The summed E-state index contributed by atoms with van der Waals surface area (Å²) in [5.74, 6) is 2.00. The van der Waals surface area contributed by atoms with Crippen LogP contribution in [0.3, 0.4) is 0 Å². The van der Waals surface area contributed by atoms with E-state index in [1.807, 2.05) is 48.8 Å². The largest absolute Gasteiger partial charge is 0.391 e. The zero-order valence-corrected chi connectivity index (χ0v) is 14.3. The number of hydrogen-bond donors (Lipinski definition) is 1. The zero-order chi connectivity index (χ0) is 15.0. The zero-order valence-electron chi connectivity index (χ0n) is 12.7. The molecule has 0 spiro atoms. The van der Waals surface area contributed by atoms with Gasteiger partial charge in [-0.25, -0.2) is 4.98 Å². The van der Waals surface area contributed by atoms with Crippen LogP contribution in [0.25, 0.3) is 11.0 Å². The average Bonchev–Trinajstić information content (AvgIpc) is 2.79. The number of hydrogen-bond acceptors (Lipinski definition) is 4. The predicted molar refractivity (Wildman–Crippen MR) is 93.2 cm³/mol. The monoisotopic (exact) mass is 322 g/mol. The number of thioether (sulfide) groups is 2. The van der Waals surface area contributed by atoms with Gasteiger partial charge in [0.2, 0.25) is 0 Å². The smallest absolute Gasteiger partial charge is 0.112 e. The Balaban J connectivity index is 1.74. The molecule has 0 bridgehead atoms. The summed E-state index contributed by atoms with van der Waals surface area (Å²) in [5.41, 5.74) is 2.14. The van der Waals surface area contributed by atoms with Crippen molar-refractivity contribution in [1.82, 2.24) is 9.55 Å². The summed E-state index contributed by atoms with van der Waals surface area (Å²) in [6.07, 6.45) is 0.304. The number of aryl methyl sites for hydroxylation is 1. The van der Waals surface area contributed by atoms with Gasteiger partial charge in [0.15, 0.2) is 0 Å². The maximum Gasteiger partial charge on any atom is 0.112 e. The van der Waals surface area contributed by atoms with Crippen molar-refractivity contribution in [2.75, 3.05) is 5.75 Å². The number of nitrogens with zero attached hydrogens (tertiary/aromatic N) is 2. The molecule has 4 unspecified atom stereocenters. The fraction of sp³-hybridized carbons (Fsp3) is 0.562. The second kappa shape index (κ2) is 6.23. The summed E-state index contributed by atoms with van der Waals surface area (Å²) in [5, 5.41) is 12.2. The molecule has 4 atom stereocenters. The molecule has 21 heavy (non-hydrogen) atoms. The van der Waals surface area contributed by atoms with Crippen LogP contribution < -0.4 is 0 Å². The van der Waals surface area contributed by atoms with Gasteiger partial charge in [-0.3, -0.25) is 0 Å². The third-order valence-electron chi connectivity index (χ3n) is 4.27. The van der Waals surface area contributed by atoms with Gasteiger partial charge >= 0.3 is 0 Å². The van der Waals surface area contributed by atoms with Crippen LogP contribution in [0.4, 0.5) is 0 Å². The first-order chi connectivity index (χ1) is 10.1. The summed E-state index contributed by atoms with van der Waals surface area (Å²) < 4.78 is 2.10. The number of fused-ring (bicyclic) bond motifs is 1. The fourth-order valence-corrected chi connectivity index (χ4v) is 5.72. The molecule has 3 nitrogen and oxygen atoms in total. The first-order valence-electron chi connectivity index (χ1n) is 7.41. The second-order valence-electron chi connectivity index (χ2n) is 5.77. The molecule has 114 valence electrons. The van der Waals surface area contributed by atoms with E-state index < -0.39 is 0 Å². The van der Waals surface area contributed by atoms with Crippen molar-refractivity contribution in [3.63, 3.8) is 0 Å². The topological polar surface area (TPSA) is 38.1 Å². The highest BCUT2D eigenvalue weighted by Gasteiger charge is 2.31. The highest BCUT2D eigenvalue weighted by Crippen LogP contribution is 2.37. The van der Waals surface area contributed by atoms with E-state index >= 15 is 0 Å². The third-order valence-corrected chi connectivity index (χ3v) is 7.81. The SMILES string of the molecule is CC1SCC(C(O)Cc2nc3ccccc3n2C)SC1C. The Morgan fingerprint density at radius 1 is 1.33 bits per heavy atom. The molecular formula is C16H22N2OS2. The maximum atomic E-state index is 10.6. The number of aromatic nitrogens is 2. The summed E-state index contributed by atoms with van der Waals surface area (Å²) >= 11 is 3.90. The molecule has 3 rings (SSSR count). The van der Waals surface area contributed by atoms with Crippen molar-refractivity contribution in [1.29, 1.82) is 0 Å². The number of rotatable bonds is 3. The summed E-state index contributed by atoms with van der Waals surface area (Å²) in [4.78, 5) is 4.67. The van der Waals surface area contributed by atoms with Crippen LogP contribution in [0.5, 0.6) is 0 Å². The summed E-state index contributed by atoms with van der Waals surface area (Å²) in [7, 11) is 2.03. The Labute approximate surface area is 134 Å². The minimum absolute atomic E-state index is 0.306. The van der Waals surface area contributed by atoms with Crippen molar-refractivity contribution in [2.45, 2.75) is 42.1 Å². The molecule has 1 aliphatic rings. The lowest BCUT2D eigenvalue weighted by molar-refractivity contribution is 0.174. The van der Waals surface area contributed by atoms with Crippen LogP contribution in [-0.2, 0) is 13.5 Å². The average molecular weight is 322 g/mol. The van der Waals surface area contributed by atoms with E-state index in [1.165, 1.54) is 0 Å². The molecule has 0 radical (unpaired) electrons. The van der Waals surface area contributed by atoms with Gasteiger partial charge < -0.3 is 9.67 Å². The van der Waals surface area contributed by atoms with Gasteiger partial charge in [-0.1, -0.05) is 26.0 Å². The van der Waals surface area contributed by atoms with E-state index in [2.05, 4.69) is 29.5 Å². The summed E-state index contributed by atoms with van der Waals surface area (Å²) in [6, 6.07) is 8.14. The quantitative estimate of drug-likeness (QED) is 0.942. The Morgan fingerprint density at radius 2 is 2.10 bits per heavy atom. The van der Waals surface area contributed by atoms with E-state index in [0.29, 0.717) is 22.2 Å². The van der Waals surface area contributed by atoms with Crippen molar-refractivity contribution in [3.05, 3.63) is 30.1 Å². The Hall–Kier alpha value is -0.650. The number of aliphatic hydroxyl groups is 1. The molecule has 1 fully saturated rings. The highest BCUT2D eigenvalue weighted by molar-refractivity contribution is 8.07. The molecule has 0 amide bonds. The van der Waals surface area contributed by atoms with Crippen molar-refractivity contribution >= 4 is 34.6 Å². The van der Waals surface area contributed by atoms with Crippen LogP contribution in [0.1, 0.15) is 19.7 Å². The number of aliphatic hydroxyl groups excluding tert-OH is 1. The standard InChI is InChI=1S/C16H22N2OS2/c1-10-11(2)21-15(9-20-10)14(19)8-16-17-12-6-4-5-7-13(12)18(16)3/h4-7,10-11,14-15,19H,8-9H2,1-3H3. The first-order valence-corrected chi connectivity index (χ1v) is 9.41. The Morgan fingerprint density at radius 3 is 2.81 bits per heavy atom. The van der Waals surface area contributed by atoms with E-state index in [0.717, 1.165) is 22.6 Å². The van der Waals surface area contributed by atoms with Crippen molar-refractivity contribution in [3.8, 4) is 0 Å². The molecule has 1 aromatic heterocycles. The number of imidazole rings is 1. The predicted octanol–water partition coefficient (Wildman–Crippen LogP) is 3.10. The van der Waals surface area contributed by atoms with Crippen LogP contribution in [0.15, 0.2) is 24.3 Å². The molecule has 2 aromatic rings. The maximum absolute atomic E-state index is 10.6. The lowest BCUT2D eigenvalue weighted by atomic mass is 10.2. The fourth-order valence-electron chi connectivity index (χ4n) is 2.71. The highest BCUT2D eigenvalue weighted by atomic mass is 32.2. The molecule has 0 aliphatic carbocycles. The number of para-hydroxylation sites is 2. The van der Waals surface area contributed by atoms with Gasteiger partial charge in [0.05, 0.1) is 17.1 Å². The molecule has 5 heteroatoms. The summed E-state index contributed by atoms with van der Waals surface area (Å²) in [6.45, 7) is 4.53. The van der Waals surface area contributed by atoms with Gasteiger partial charge in [-0.2, -0.15) is 23.5 Å². The molecule has 2 heterocycles. The second-order valence-corrected chi connectivity index (χ2v) is 8.80. The first kappa shape index (κ1) is 15.3. The number of benzene rings is 1. The molecule has 0 saturated carbocycles. The Bertz CT molecular complexity index is 628. The van der Waals surface area contributed by atoms with E-state index in [4.69, 9.17) is 0 Å². The Kier molecular flexibility index (Phi) is 4.52. The third kappa shape index (κ3) is 3.10. The van der Waals surface area contributed by atoms with E-state index in [9.17, 15) is 5.11 Å². The van der Waals surface area contributed by atoms with E-state index in [-0.39, 0.29) is 6.10 Å². The molecular weight excluding hydrogens is 300 g/mol. The molecule has 1 saturated heterocycles.